The van der Waals surface area contributed by atoms with Crippen LogP contribution in [0.5, 0.6) is 5.75 Å². The van der Waals surface area contributed by atoms with Gasteiger partial charge in [0.15, 0.2) is 0 Å². The number of amides is 1. The van der Waals surface area contributed by atoms with Gasteiger partial charge in [0.2, 0.25) is 0 Å². The summed E-state index contributed by atoms with van der Waals surface area (Å²) in [7, 11) is 0. The number of thiazole rings is 1. The number of carbonyl (C=O) groups is 1. The highest BCUT2D eigenvalue weighted by Gasteiger charge is 2.22. The van der Waals surface area contributed by atoms with Gasteiger partial charge in [-0.1, -0.05) is 12.1 Å². The number of ether oxygens (including phenoxy) is 1. The van der Waals surface area contributed by atoms with Crippen molar-refractivity contribution in [2.45, 2.75) is 19.8 Å². The van der Waals surface area contributed by atoms with Crippen molar-refractivity contribution in [3.05, 3.63) is 35.3 Å². The Balaban J connectivity index is 1.76. The van der Waals surface area contributed by atoms with E-state index in [4.69, 9.17) is 4.74 Å². The fraction of sp³-hybridized carbons (Fsp3) is 0.375. The van der Waals surface area contributed by atoms with Crippen molar-refractivity contribution in [1.29, 1.82) is 0 Å². The summed E-state index contributed by atoms with van der Waals surface area (Å²) >= 11 is 1.47. The van der Waals surface area contributed by atoms with Crippen molar-refractivity contribution in [1.82, 2.24) is 10.3 Å². The van der Waals surface area contributed by atoms with Crippen LogP contribution in [0.25, 0.3) is 10.6 Å². The van der Waals surface area contributed by atoms with Crippen LogP contribution >= 0.6 is 11.3 Å². The molecule has 0 bridgehead atoms. The van der Waals surface area contributed by atoms with E-state index in [0.29, 0.717) is 18.2 Å². The Hall–Kier alpha value is -1.88. The first-order valence-corrected chi connectivity index (χ1v) is 8.12. The molecule has 1 heterocycles. The Morgan fingerprint density at radius 1 is 1.43 bits per heavy atom. The van der Waals surface area contributed by atoms with Crippen LogP contribution in [0, 0.1) is 5.92 Å². The largest absolute Gasteiger partial charge is 0.493 e. The number of carbonyl (C=O) groups excluding carboxylic acids is 1. The number of aromatic nitrogens is 1. The molecule has 1 aromatic heterocycles. The number of hydrogen-bond acceptors (Lipinski definition) is 4. The molecule has 1 aliphatic carbocycles. The van der Waals surface area contributed by atoms with E-state index in [-0.39, 0.29) is 5.91 Å². The molecule has 1 amide bonds. The first-order chi connectivity index (χ1) is 10.3. The minimum absolute atomic E-state index is 0.0849. The molecule has 0 atom stereocenters. The highest BCUT2D eigenvalue weighted by Crippen LogP contribution is 2.32. The smallest absolute Gasteiger partial charge is 0.270 e. The van der Waals surface area contributed by atoms with Gasteiger partial charge in [0.1, 0.15) is 16.5 Å². The molecule has 1 aliphatic rings. The molecule has 3 rings (SSSR count). The van der Waals surface area contributed by atoms with Crippen LogP contribution in [0.1, 0.15) is 30.3 Å². The molecule has 0 radical (unpaired) electrons. The number of para-hydroxylation sites is 1. The molecule has 0 saturated heterocycles. The maximum atomic E-state index is 12.0. The van der Waals surface area contributed by atoms with Gasteiger partial charge in [-0.15, -0.1) is 11.3 Å². The summed E-state index contributed by atoms with van der Waals surface area (Å²) in [5, 5.41) is 5.56. The Bertz CT molecular complexity index is 635. The van der Waals surface area contributed by atoms with E-state index in [1.54, 1.807) is 5.38 Å². The lowest BCUT2D eigenvalue weighted by atomic mass is 10.2. The summed E-state index contributed by atoms with van der Waals surface area (Å²) in [4.78, 5) is 16.5. The molecule has 4 nitrogen and oxygen atoms in total. The molecule has 1 aromatic carbocycles. The summed E-state index contributed by atoms with van der Waals surface area (Å²) in [6, 6.07) is 7.78. The van der Waals surface area contributed by atoms with E-state index in [0.717, 1.165) is 22.9 Å². The summed E-state index contributed by atoms with van der Waals surface area (Å²) in [6.07, 6.45) is 2.45. The van der Waals surface area contributed by atoms with E-state index in [1.165, 1.54) is 24.2 Å². The average molecular weight is 302 g/mol. The lowest BCUT2D eigenvalue weighted by Gasteiger charge is -2.07. The molecule has 0 unspecified atom stereocenters. The molecule has 5 heteroatoms. The summed E-state index contributed by atoms with van der Waals surface area (Å²) in [5.41, 5.74) is 1.42. The minimum atomic E-state index is -0.0849. The number of rotatable bonds is 6. The zero-order valence-corrected chi connectivity index (χ0v) is 12.8. The third-order valence-electron chi connectivity index (χ3n) is 3.40. The van der Waals surface area contributed by atoms with Crippen LogP contribution in [0.4, 0.5) is 0 Å². The second-order valence-electron chi connectivity index (χ2n) is 5.12. The second-order valence-corrected chi connectivity index (χ2v) is 5.98. The molecule has 110 valence electrons. The lowest BCUT2D eigenvalue weighted by molar-refractivity contribution is 0.0947. The Kier molecular flexibility index (Phi) is 4.20. The van der Waals surface area contributed by atoms with E-state index >= 15 is 0 Å². The van der Waals surface area contributed by atoms with Crippen molar-refractivity contribution in [3.63, 3.8) is 0 Å². The Morgan fingerprint density at radius 2 is 2.24 bits per heavy atom. The molecule has 0 spiro atoms. The van der Waals surface area contributed by atoms with Crippen molar-refractivity contribution in [2.24, 2.45) is 5.92 Å². The second kappa shape index (κ2) is 6.26. The van der Waals surface area contributed by atoms with Crippen LogP contribution in [0.3, 0.4) is 0 Å². The van der Waals surface area contributed by atoms with Gasteiger partial charge in [-0.2, -0.15) is 0 Å². The zero-order valence-electron chi connectivity index (χ0n) is 12.0. The van der Waals surface area contributed by atoms with E-state index in [9.17, 15) is 4.79 Å². The highest BCUT2D eigenvalue weighted by atomic mass is 32.1. The molecule has 2 aromatic rings. The zero-order chi connectivity index (χ0) is 14.7. The third kappa shape index (κ3) is 3.42. The molecule has 1 N–H and O–H groups in total. The van der Waals surface area contributed by atoms with E-state index in [1.807, 2.05) is 31.2 Å². The van der Waals surface area contributed by atoms with Crippen molar-refractivity contribution in [2.75, 3.05) is 13.2 Å². The topological polar surface area (TPSA) is 51.2 Å². The molecule has 1 fully saturated rings. The highest BCUT2D eigenvalue weighted by molar-refractivity contribution is 7.13. The predicted molar refractivity (Wildman–Crippen MR) is 83.8 cm³/mol. The van der Waals surface area contributed by atoms with Gasteiger partial charge >= 0.3 is 0 Å². The Morgan fingerprint density at radius 3 is 3.00 bits per heavy atom. The monoisotopic (exact) mass is 302 g/mol. The minimum Gasteiger partial charge on any atom is -0.493 e. The van der Waals surface area contributed by atoms with Crippen LogP contribution in [0.2, 0.25) is 0 Å². The van der Waals surface area contributed by atoms with Crippen LogP contribution in [-0.4, -0.2) is 24.0 Å². The van der Waals surface area contributed by atoms with Crippen LogP contribution in [0.15, 0.2) is 29.6 Å². The fourth-order valence-corrected chi connectivity index (χ4v) is 2.91. The van der Waals surface area contributed by atoms with Gasteiger partial charge in [-0.05, 0) is 37.8 Å². The molecule has 21 heavy (non-hydrogen) atoms. The summed E-state index contributed by atoms with van der Waals surface area (Å²) in [6.45, 7) is 3.33. The Labute approximate surface area is 128 Å². The van der Waals surface area contributed by atoms with Gasteiger partial charge in [0.25, 0.3) is 5.91 Å². The van der Waals surface area contributed by atoms with Gasteiger partial charge in [-0.25, -0.2) is 4.98 Å². The fourth-order valence-electron chi connectivity index (χ4n) is 2.08. The van der Waals surface area contributed by atoms with Gasteiger partial charge < -0.3 is 10.1 Å². The van der Waals surface area contributed by atoms with E-state index < -0.39 is 0 Å². The molecule has 0 aliphatic heterocycles. The lowest BCUT2D eigenvalue weighted by Crippen LogP contribution is -2.25. The first-order valence-electron chi connectivity index (χ1n) is 7.24. The van der Waals surface area contributed by atoms with Gasteiger partial charge in [0.05, 0.1) is 12.2 Å². The first kappa shape index (κ1) is 14.1. The number of nitrogens with one attached hydrogen (secondary N) is 1. The van der Waals surface area contributed by atoms with Gasteiger partial charge in [-0.3, -0.25) is 4.79 Å². The maximum absolute atomic E-state index is 12.0. The standard InChI is InChI=1S/C16H18N2O2S/c1-2-20-14-6-4-3-5-12(14)16-18-13(10-21-16)15(19)17-9-11-7-8-11/h3-6,10-11H,2,7-9H2,1H3,(H,17,19). The van der Waals surface area contributed by atoms with Crippen molar-refractivity contribution >= 4 is 17.2 Å². The SMILES string of the molecule is CCOc1ccccc1-c1nc(C(=O)NCC2CC2)cs1. The number of benzene rings is 1. The summed E-state index contributed by atoms with van der Waals surface area (Å²) in [5.74, 6) is 1.39. The third-order valence-corrected chi connectivity index (χ3v) is 4.28. The molecular formula is C16H18N2O2S. The average Bonchev–Trinajstić information content (AvgIpc) is 3.20. The molecule has 1 saturated carbocycles. The number of nitrogens with zero attached hydrogens (tertiary/aromatic N) is 1. The van der Waals surface area contributed by atoms with Crippen LogP contribution in [-0.2, 0) is 0 Å². The molecular weight excluding hydrogens is 284 g/mol. The van der Waals surface area contributed by atoms with Crippen molar-refractivity contribution in [3.8, 4) is 16.3 Å². The van der Waals surface area contributed by atoms with E-state index in [2.05, 4.69) is 10.3 Å². The van der Waals surface area contributed by atoms with Gasteiger partial charge in [0, 0.05) is 11.9 Å². The maximum Gasteiger partial charge on any atom is 0.270 e. The quantitative estimate of drug-likeness (QED) is 0.890. The predicted octanol–water partition coefficient (Wildman–Crippen LogP) is 3.35. The van der Waals surface area contributed by atoms with Crippen molar-refractivity contribution < 1.29 is 9.53 Å². The summed E-state index contributed by atoms with van der Waals surface area (Å²) < 4.78 is 5.61. The van der Waals surface area contributed by atoms with Crippen LogP contribution < -0.4 is 10.1 Å². The normalized spacial score (nSPS) is 14.0. The number of hydrogen-bond donors (Lipinski definition) is 1.